The molecule has 0 aromatic rings. The fourth-order valence-electron chi connectivity index (χ4n) is 1.39. The van der Waals surface area contributed by atoms with Crippen LogP contribution in [-0.4, -0.2) is 45.5 Å². The first-order chi connectivity index (χ1) is 12.2. The maximum atomic E-state index is 10.0. The van der Waals surface area contributed by atoms with Crippen molar-refractivity contribution in [2.45, 2.75) is 25.1 Å². The van der Waals surface area contributed by atoms with Gasteiger partial charge in [-0.3, -0.25) is 0 Å². The molecule has 1 aliphatic carbocycles. The molecule has 0 saturated heterocycles. The Morgan fingerprint density at radius 3 is 1.92 bits per heavy atom. The third-order valence-electron chi connectivity index (χ3n) is 2.82. The maximum absolute atomic E-state index is 10.0. The monoisotopic (exact) mass is 430 g/mol. The van der Waals surface area contributed by atoms with Gasteiger partial charge >= 0.3 is 62.7 Å². The van der Waals surface area contributed by atoms with E-state index in [9.17, 15) is 9.59 Å². The van der Waals surface area contributed by atoms with Gasteiger partial charge in [-0.1, -0.05) is 0 Å². The molecule has 0 radical (unpaired) electrons. The Bertz CT molecular complexity index is 529. The zero-order chi connectivity index (χ0) is 20.6. The van der Waals surface area contributed by atoms with E-state index in [0.717, 1.165) is 26.8 Å². The van der Waals surface area contributed by atoms with Crippen LogP contribution in [0.25, 0.3) is 0 Å². The summed E-state index contributed by atoms with van der Waals surface area (Å²) in [7, 11) is -3.37. The number of hydrogen-bond donors (Lipinski definition) is 4. The van der Waals surface area contributed by atoms with E-state index in [2.05, 4.69) is 25.2 Å². The van der Waals surface area contributed by atoms with Crippen molar-refractivity contribution < 1.29 is 59.7 Å². The largest absolute Gasteiger partial charge is 0.854 e. The van der Waals surface area contributed by atoms with E-state index in [1.807, 2.05) is 0 Å². The van der Waals surface area contributed by atoms with Gasteiger partial charge in [-0.2, -0.15) is 0 Å². The van der Waals surface area contributed by atoms with Gasteiger partial charge in [0.15, 0.2) is 28.8 Å². The molecular formula is C15H20MnO9P. The molecule has 4 N–H and O–H groups in total. The molecule has 0 unspecified atom stereocenters. The summed E-state index contributed by atoms with van der Waals surface area (Å²) >= 11 is 1.06. The van der Waals surface area contributed by atoms with Crippen LogP contribution in [-0.2, 0) is 24.5 Å². The first-order valence-corrected chi connectivity index (χ1v) is 9.64. The van der Waals surface area contributed by atoms with E-state index in [-0.39, 0.29) is 0 Å². The van der Waals surface area contributed by atoms with Gasteiger partial charge in [-0.15, -0.1) is 0 Å². The number of rotatable bonds is 7. The summed E-state index contributed by atoms with van der Waals surface area (Å²) < 4.78 is 1.64. The van der Waals surface area contributed by atoms with Gasteiger partial charge in [-0.05, 0) is 0 Å². The normalized spacial score (nSPS) is 11.9. The van der Waals surface area contributed by atoms with E-state index in [4.69, 9.17) is 35.1 Å². The van der Waals surface area contributed by atoms with E-state index in [1.54, 1.807) is 4.47 Å². The van der Waals surface area contributed by atoms with E-state index < -0.39 is 38.7 Å². The molecule has 0 spiro atoms. The van der Waals surface area contributed by atoms with Crippen molar-refractivity contribution in [3.8, 4) is 0 Å². The van der Waals surface area contributed by atoms with Crippen molar-refractivity contribution in [2.24, 2.45) is 5.41 Å². The van der Waals surface area contributed by atoms with Crippen molar-refractivity contribution in [3.05, 3.63) is 34.2 Å². The van der Waals surface area contributed by atoms with Gasteiger partial charge < -0.3 is 43.7 Å². The van der Waals surface area contributed by atoms with Crippen LogP contribution in [0, 0.1) is 5.41 Å². The van der Waals surface area contributed by atoms with Crippen LogP contribution in [0.15, 0.2) is 34.2 Å². The van der Waals surface area contributed by atoms with Gasteiger partial charge in [0.05, 0.1) is 13.2 Å². The summed E-state index contributed by atoms with van der Waals surface area (Å²) in [6.45, 7) is 0.230. The summed E-state index contributed by atoms with van der Waals surface area (Å²) in [5.41, 5.74) is -2.19. The molecular weight excluding hydrogens is 410 g/mol. The van der Waals surface area contributed by atoms with Gasteiger partial charge in [0, 0.05) is 0 Å². The minimum atomic E-state index is -3.37. The molecule has 1 aliphatic rings. The molecule has 0 atom stereocenters. The molecule has 0 aliphatic heterocycles. The molecule has 9 nitrogen and oxygen atoms in total. The number of aliphatic hydroxyl groups is 4. The molecule has 26 heavy (non-hydrogen) atoms. The summed E-state index contributed by atoms with van der Waals surface area (Å²) in [5, 5.41) is 36.6. The average Bonchev–Trinajstić information content (AvgIpc) is 3.14. The van der Waals surface area contributed by atoms with E-state index >= 15 is 0 Å². The minimum Gasteiger partial charge on any atom is -0.854 e. The Kier molecular flexibility index (Phi) is 16.5. The summed E-state index contributed by atoms with van der Waals surface area (Å²) in [6.07, 6.45) is 9.21. The van der Waals surface area contributed by atoms with Crippen LogP contribution in [0.5, 0.6) is 0 Å². The Morgan fingerprint density at radius 2 is 1.65 bits per heavy atom. The quantitative estimate of drug-likeness (QED) is 0.162. The predicted octanol–water partition coefficient (Wildman–Crippen LogP) is -1.46. The fourth-order valence-corrected chi connectivity index (χ4v) is 2.63. The molecule has 0 fully saturated rings. The van der Waals surface area contributed by atoms with Crippen LogP contribution in [0.1, 0.15) is 19.8 Å². The van der Waals surface area contributed by atoms with Crippen LogP contribution in [0.4, 0.5) is 0 Å². The summed E-state index contributed by atoms with van der Waals surface area (Å²) in [4.78, 5) is 45.4. The second kappa shape index (κ2) is 15.9. The fraction of sp³-hybridized carbons (Fsp3) is 0.467. The zero-order valence-corrected chi connectivity index (χ0v) is 16.0. The van der Waals surface area contributed by atoms with Crippen molar-refractivity contribution in [3.63, 3.8) is 0 Å². The maximum Gasteiger partial charge on any atom is 0.196 e. The Morgan fingerprint density at radius 1 is 1.19 bits per heavy atom. The number of aliphatic hydroxyl groups excluding tert-OH is 4. The van der Waals surface area contributed by atoms with E-state index in [0.29, 0.717) is 0 Å². The molecule has 0 aromatic heterocycles. The summed E-state index contributed by atoms with van der Waals surface area (Å²) in [6, 6.07) is 0. The number of allylic oxidation sites excluding steroid dienone is 4. The smallest absolute Gasteiger partial charge is 0.196 e. The number of carbonyl (C=O) groups excluding carboxylic acids is 2. The second-order valence-corrected chi connectivity index (χ2v) is 6.80. The van der Waals surface area contributed by atoms with Gasteiger partial charge in [0.2, 0.25) is 0 Å². The molecule has 146 valence electrons. The van der Waals surface area contributed by atoms with Crippen LogP contribution in [0.2, 0.25) is 5.32 Å². The molecule has 1 rings (SSSR count). The van der Waals surface area contributed by atoms with Crippen LogP contribution < -0.4 is 14.7 Å². The first-order valence-electron chi connectivity index (χ1n) is 7.12. The minimum absolute atomic E-state index is 0.965. The SMILES string of the molecule is CC[CH2][Mn+3][C]1=CC=CC1.O=C=C(O)C(CO)(CO)C(O)=C=O.[O-]P([O-])[O-]. The standard InChI is InChI=1S/C7H8O6.C5H5.C3H7.Mn.O3P/c8-1-5(12)7(3-10,4-11)6(13)2-9;1-2-4-5-3-1;1-3-2;;1-4(2)3/h10-13H,3-4H2;1-3H,4H2;1,3H2,2H3;;/q;;;+3;-3. The number of hydrogen-bond acceptors (Lipinski definition) is 9. The summed E-state index contributed by atoms with van der Waals surface area (Å²) in [5.74, 6) is -0.378. The van der Waals surface area contributed by atoms with Crippen LogP contribution in [0.3, 0.4) is 0 Å². The van der Waals surface area contributed by atoms with Gasteiger partial charge in [-0.25, -0.2) is 9.59 Å². The van der Waals surface area contributed by atoms with Crippen molar-refractivity contribution >= 4 is 20.5 Å². The Balaban J connectivity index is 0. The topological polar surface area (TPSA) is 184 Å². The zero-order valence-electron chi connectivity index (χ0n) is 13.9. The molecule has 0 bridgehead atoms. The second-order valence-electron chi connectivity index (χ2n) is 4.59. The Labute approximate surface area is 158 Å². The third-order valence-corrected chi connectivity index (χ3v) is 4.68. The third kappa shape index (κ3) is 10.7. The van der Waals surface area contributed by atoms with E-state index in [1.165, 1.54) is 18.2 Å². The Hall–Kier alpha value is -1.27. The predicted molar refractivity (Wildman–Crippen MR) is 84.1 cm³/mol. The van der Waals surface area contributed by atoms with Gasteiger partial charge in [0.1, 0.15) is 0 Å². The molecule has 0 saturated carbocycles. The average molecular weight is 430 g/mol. The van der Waals surface area contributed by atoms with Crippen molar-refractivity contribution in [1.82, 2.24) is 0 Å². The molecule has 0 amide bonds. The van der Waals surface area contributed by atoms with Crippen LogP contribution >= 0.6 is 8.60 Å². The van der Waals surface area contributed by atoms with Crippen molar-refractivity contribution in [2.75, 3.05) is 13.2 Å². The first kappa shape index (κ1) is 27.0. The molecule has 0 heterocycles. The van der Waals surface area contributed by atoms with Gasteiger partial charge in [0.25, 0.3) is 0 Å². The van der Waals surface area contributed by atoms with Crippen molar-refractivity contribution in [1.29, 1.82) is 0 Å². The molecule has 0 aromatic carbocycles. The molecule has 11 heteroatoms.